The van der Waals surface area contributed by atoms with Gasteiger partial charge in [-0.05, 0) is 47.4 Å². The Balaban J connectivity index is 1.29. The molecule has 2 aliphatic heterocycles. The molecule has 2 aromatic heterocycles. The maximum atomic E-state index is 13.4. The third-order valence-corrected chi connectivity index (χ3v) is 7.73. The number of likely N-dealkylation sites (tertiary alicyclic amines) is 1. The standard InChI is InChI=1S/C26H30N4O6S/c1-16-9-17(2)13-28(12-16)23(32)14-30-19-6-8-37-24(19)25(33)29(26(30)34)7-5-22(31)27-11-18-3-4-20-21(10-18)36-15-35-20/h3-4,6,8,10,16-17H,5,7,9,11-15H2,1-2H3,(H,27,31)/t16-,17+. The van der Waals surface area contributed by atoms with Gasteiger partial charge in [-0.2, -0.15) is 0 Å². The summed E-state index contributed by atoms with van der Waals surface area (Å²) in [5.41, 5.74) is 0.278. The van der Waals surface area contributed by atoms with Crippen LogP contribution in [-0.4, -0.2) is 45.7 Å². The third-order valence-electron chi connectivity index (χ3n) is 6.84. The molecule has 11 heteroatoms. The largest absolute Gasteiger partial charge is 0.454 e. The summed E-state index contributed by atoms with van der Waals surface area (Å²) < 4.78 is 13.5. The van der Waals surface area contributed by atoms with Gasteiger partial charge in [0.05, 0.1) is 5.52 Å². The Labute approximate surface area is 217 Å². The molecule has 4 heterocycles. The number of rotatable bonds is 7. The normalized spacial score (nSPS) is 18.8. The Morgan fingerprint density at radius 3 is 2.59 bits per heavy atom. The highest BCUT2D eigenvalue weighted by Crippen LogP contribution is 2.32. The summed E-state index contributed by atoms with van der Waals surface area (Å²) in [4.78, 5) is 53.9. The van der Waals surface area contributed by atoms with E-state index in [0.29, 0.717) is 46.6 Å². The lowest BCUT2D eigenvalue weighted by atomic mass is 9.92. The SMILES string of the molecule is C[C@@H]1C[C@H](C)CN(C(=O)Cn2c(=O)n(CCC(=O)NCc3ccc4c(c3)OCO4)c(=O)c3sccc32)C1. The molecule has 5 rings (SSSR count). The number of carbonyl (C=O) groups is 2. The zero-order valence-electron chi connectivity index (χ0n) is 20.9. The number of hydrogen-bond acceptors (Lipinski definition) is 7. The summed E-state index contributed by atoms with van der Waals surface area (Å²) in [7, 11) is 0. The van der Waals surface area contributed by atoms with E-state index >= 15 is 0 Å². The number of hydrogen-bond donors (Lipinski definition) is 1. The molecule has 1 aromatic carbocycles. The van der Waals surface area contributed by atoms with Crippen molar-refractivity contribution in [2.45, 2.75) is 46.3 Å². The van der Waals surface area contributed by atoms with E-state index in [4.69, 9.17) is 9.47 Å². The Kier molecular flexibility index (Phi) is 7.05. The second-order valence-electron chi connectivity index (χ2n) is 9.92. The highest BCUT2D eigenvalue weighted by atomic mass is 32.1. The first-order valence-corrected chi connectivity index (χ1v) is 13.3. The quantitative estimate of drug-likeness (QED) is 0.505. The van der Waals surface area contributed by atoms with E-state index < -0.39 is 11.2 Å². The lowest BCUT2D eigenvalue weighted by Gasteiger charge is -2.35. The average molecular weight is 527 g/mol. The average Bonchev–Trinajstić information content (AvgIpc) is 3.54. The molecular weight excluding hydrogens is 496 g/mol. The number of ether oxygens (including phenoxy) is 2. The number of aromatic nitrogens is 2. The van der Waals surface area contributed by atoms with Gasteiger partial charge in [0.15, 0.2) is 11.5 Å². The fraction of sp³-hybridized carbons (Fsp3) is 0.462. The first kappa shape index (κ1) is 25.1. The molecule has 10 nitrogen and oxygen atoms in total. The van der Waals surface area contributed by atoms with Crippen LogP contribution in [-0.2, 0) is 29.2 Å². The third kappa shape index (κ3) is 5.27. The maximum Gasteiger partial charge on any atom is 0.332 e. The first-order valence-electron chi connectivity index (χ1n) is 12.4. The van der Waals surface area contributed by atoms with Crippen LogP contribution >= 0.6 is 11.3 Å². The number of amides is 2. The highest BCUT2D eigenvalue weighted by molar-refractivity contribution is 7.17. The van der Waals surface area contributed by atoms with Crippen LogP contribution in [0.4, 0.5) is 0 Å². The van der Waals surface area contributed by atoms with Gasteiger partial charge >= 0.3 is 5.69 Å². The second kappa shape index (κ2) is 10.4. The van der Waals surface area contributed by atoms with Crippen molar-refractivity contribution >= 4 is 33.4 Å². The molecule has 0 bridgehead atoms. The van der Waals surface area contributed by atoms with Crippen LogP contribution < -0.4 is 26.0 Å². The molecular formula is C26H30N4O6S. The van der Waals surface area contributed by atoms with Crippen molar-refractivity contribution in [1.29, 1.82) is 0 Å². The number of piperidine rings is 1. The summed E-state index contributed by atoms with van der Waals surface area (Å²) in [6.07, 6.45) is 1.02. The molecule has 1 saturated heterocycles. The summed E-state index contributed by atoms with van der Waals surface area (Å²) in [6, 6.07) is 7.12. The first-order chi connectivity index (χ1) is 17.8. The van der Waals surface area contributed by atoms with Gasteiger partial charge in [0.25, 0.3) is 5.56 Å². The topological polar surface area (TPSA) is 112 Å². The smallest absolute Gasteiger partial charge is 0.332 e. The molecule has 2 atom stereocenters. The van der Waals surface area contributed by atoms with Crippen LogP contribution in [0.25, 0.3) is 10.2 Å². The molecule has 0 radical (unpaired) electrons. The van der Waals surface area contributed by atoms with E-state index in [1.165, 1.54) is 15.9 Å². The van der Waals surface area contributed by atoms with Crippen molar-refractivity contribution in [3.05, 3.63) is 56.0 Å². The van der Waals surface area contributed by atoms with Crippen LogP contribution in [0, 0.1) is 11.8 Å². The van der Waals surface area contributed by atoms with E-state index in [2.05, 4.69) is 19.2 Å². The van der Waals surface area contributed by atoms with E-state index in [0.717, 1.165) is 16.6 Å². The van der Waals surface area contributed by atoms with E-state index in [-0.39, 0.29) is 44.7 Å². The predicted molar refractivity (Wildman–Crippen MR) is 139 cm³/mol. The minimum atomic E-state index is -0.578. The Hall–Kier alpha value is -3.60. The molecule has 0 aliphatic carbocycles. The summed E-state index contributed by atoms with van der Waals surface area (Å²) in [5, 5.41) is 4.55. The predicted octanol–water partition coefficient (Wildman–Crippen LogP) is 2.16. The molecule has 37 heavy (non-hydrogen) atoms. The second-order valence-corrected chi connectivity index (χ2v) is 10.8. The van der Waals surface area contributed by atoms with Gasteiger partial charge in [-0.15, -0.1) is 11.3 Å². The van der Waals surface area contributed by atoms with Crippen LogP contribution in [0.3, 0.4) is 0 Å². The molecule has 3 aromatic rings. The van der Waals surface area contributed by atoms with E-state index in [9.17, 15) is 19.2 Å². The summed E-state index contributed by atoms with van der Waals surface area (Å²) in [5.74, 6) is 1.66. The molecule has 0 unspecified atom stereocenters. The van der Waals surface area contributed by atoms with Gasteiger partial charge in [0, 0.05) is 32.6 Å². The number of nitrogens with zero attached hydrogens (tertiary/aromatic N) is 3. The van der Waals surface area contributed by atoms with Gasteiger partial charge in [-0.25, -0.2) is 4.79 Å². The fourth-order valence-corrected chi connectivity index (χ4v) is 5.98. The summed E-state index contributed by atoms with van der Waals surface area (Å²) >= 11 is 1.23. The van der Waals surface area contributed by atoms with Gasteiger partial charge < -0.3 is 19.7 Å². The minimum Gasteiger partial charge on any atom is -0.454 e. The number of nitrogens with one attached hydrogen (secondary N) is 1. The van der Waals surface area contributed by atoms with Crippen molar-refractivity contribution < 1.29 is 19.1 Å². The Morgan fingerprint density at radius 2 is 1.81 bits per heavy atom. The van der Waals surface area contributed by atoms with Crippen LogP contribution in [0.5, 0.6) is 11.5 Å². The number of carbonyl (C=O) groups excluding carboxylic acids is 2. The van der Waals surface area contributed by atoms with E-state index in [1.807, 2.05) is 11.0 Å². The minimum absolute atomic E-state index is 0.0499. The van der Waals surface area contributed by atoms with Crippen molar-refractivity contribution in [3.8, 4) is 11.5 Å². The van der Waals surface area contributed by atoms with Crippen molar-refractivity contribution in [3.63, 3.8) is 0 Å². The summed E-state index contributed by atoms with van der Waals surface area (Å²) in [6.45, 7) is 5.80. The van der Waals surface area contributed by atoms with Crippen LogP contribution in [0.15, 0.2) is 39.2 Å². The zero-order valence-corrected chi connectivity index (χ0v) is 21.7. The van der Waals surface area contributed by atoms with Gasteiger partial charge in [0.2, 0.25) is 18.6 Å². The Bertz CT molecular complexity index is 1450. The molecule has 2 amide bonds. The molecule has 196 valence electrons. The molecule has 0 spiro atoms. The van der Waals surface area contributed by atoms with E-state index in [1.54, 1.807) is 23.6 Å². The molecule has 1 fully saturated rings. The van der Waals surface area contributed by atoms with Gasteiger partial charge in [-0.3, -0.25) is 23.5 Å². The molecule has 2 aliphatic rings. The fourth-order valence-electron chi connectivity index (χ4n) is 5.14. The maximum absolute atomic E-state index is 13.4. The van der Waals surface area contributed by atoms with Crippen molar-refractivity contribution in [2.24, 2.45) is 11.8 Å². The molecule has 0 saturated carbocycles. The monoisotopic (exact) mass is 526 g/mol. The van der Waals surface area contributed by atoms with Crippen LogP contribution in [0.2, 0.25) is 0 Å². The highest BCUT2D eigenvalue weighted by Gasteiger charge is 2.27. The van der Waals surface area contributed by atoms with Gasteiger partial charge in [0.1, 0.15) is 11.2 Å². The van der Waals surface area contributed by atoms with Gasteiger partial charge in [-0.1, -0.05) is 19.9 Å². The van der Waals surface area contributed by atoms with Crippen molar-refractivity contribution in [2.75, 3.05) is 19.9 Å². The van der Waals surface area contributed by atoms with Crippen LogP contribution in [0.1, 0.15) is 32.3 Å². The van der Waals surface area contributed by atoms with Crippen molar-refractivity contribution in [1.82, 2.24) is 19.4 Å². The molecule has 1 N–H and O–H groups in total. The number of fused-ring (bicyclic) bond motifs is 2. The lowest BCUT2D eigenvalue weighted by Crippen LogP contribution is -2.47. The zero-order chi connectivity index (χ0) is 26.1. The number of benzene rings is 1. The lowest BCUT2D eigenvalue weighted by molar-refractivity contribution is -0.134. The number of thiophene rings is 1. The Morgan fingerprint density at radius 1 is 1.05 bits per heavy atom.